The van der Waals surface area contributed by atoms with Crippen molar-refractivity contribution in [3.63, 3.8) is 0 Å². The Morgan fingerprint density at radius 3 is 0.847 bits per heavy atom. The summed E-state index contributed by atoms with van der Waals surface area (Å²) >= 11 is 0. The van der Waals surface area contributed by atoms with Gasteiger partial charge < -0.3 is 8.83 Å². The van der Waals surface area contributed by atoms with Crippen LogP contribution in [-0.2, 0) is 0 Å². The Morgan fingerprint density at radius 1 is 0.373 bits per heavy atom. The van der Waals surface area contributed by atoms with Gasteiger partial charge in [0.25, 0.3) is 0 Å². The molecular weight excluding hydrogens is 725 g/mol. The van der Waals surface area contributed by atoms with E-state index in [1.165, 1.54) is 33.4 Å². The second kappa shape index (κ2) is 28.6. The van der Waals surface area contributed by atoms with Crippen molar-refractivity contribution in [3.05, 3.63) is 166 Å². The number of hydrogen-bond donors (Lipinski definition) is 0. The average Bonchev–Trinajstić information content (AvgIpc) is 3.81. The normalized spacial score (nSPS) is 10.3. The van der Waals surface area contributed by atoms with Crippen molar-refractivity contribution in [2.24, 2.45) is 0 Å². The fourth-order valence-electron chi connectivity index (χ4n) is 5.19. The molecule has 6 aromatic rings. The first-order valence-electron chi connectivity index (χ1n) is 21.0. The molecule has 6 nitrogen and oxygen atoms in total. The summed E-state index contributed by atoms with van der Waals surface area (Å²) in [6.07, 6.45) is 7.22. The lowest BCUT2D eigenvalue weighted by Gasteiger charge is -2.04. The summed E-state index contributed by atoms with van der Waals surface area (Å²) in [6, 6.07) is 25.7. The number of oxazole rings is 2. The summed E-state index contributed by atoms with van der Waals surface area (Å²) < 4.78 is 10.5. The van der Waals surface area contributed by atoms with Crippen molar-refractivity contribution in [1.82, 2.24) is 19.9 Å². The molecule has 0 bridgehead atoms. The minimum absolute atomic E-state index is 0. The molecule has 59 heavy (non-hydrogen) atoms. The van der Waals surface area contributed by atoms with Crippen LogP contribution in [0.2, 0.25) is 0 Å². The molecule has 324 valence electrons. The van der Waals surface area contributed by atoms with Crippen molar-refractivity contribution < 1.29 is 8.83 Å². The van der Waals surface area contributed by atoms with Gasteiger partial charge in [-0.2, -0.15) is 0 Å². The maximum Gasteiger partial charge on any atom is 0.196 e. The van der Waals surface area contributed by atoms with Crippen LogP contribution in [0.1, 0.15) is 194 Å². The summed E-state index contributed by atoms with van der Waals surface area (Å²) in [5.41, 5.74) is 10.5. The molecule has 0 atom stereocenters. The molecule has 2 aromatic carbocycles. The predicted molar refractivity (Wildman–Crippen MR) is 254 cm³/mol. The van der Waals surface area contributed by atoms with E-state index >= 15 is 0 Å². The first-order valence-corrected chi connectivity index (χ1v) is 21.0. The van der Waals surface area contributed by atoms with E-state index in [0.29, 0.717) is 35.5 Å². The molecule has 4 aromatic heterocycles. The van der Waals surface area contributed by atoms with Crippen molar-refractivity contribution >= 4 is 0 Å². The van der Waals surface area contributed by atoms with Gasteiger partial charge >= 0.3 is 0 Å². The molecule has 0 radical (unpaired) electrons. The second-order valence-corrected chi connectivity index (χ2v) is 16.8. The van der Waals surface area contributed by atoms with E-state index < -0.39 is 0 Å². The third-order valence-corrected chi connectivity index (χ3v) is 8.86. The Labute approximate surface area is 360 Å². The largest absolute Gasteiger partial charge is 0.446 e. The van der Waals surface area contributed by atoms with E-state index in [-0.39, 0.29) is 7.43 Å². The van der Waals surface area contributed by atoms with Gasteiger partial charge in [0.2, 0.25) is 0 Å². The molecule has 0 amide bonds. The number of aryl methyl sites for hydroxylation is 6. The van der Waals surface area contributed by atoms with Crippen molar-refractivity contribution in [3.8, 4) is 0 Å². The van der Waals surface area contributed by atoms with Crippen LogP contribution in [0.3, 0.4) is 0 Å². The first kappa shape index (κ1) is 54.2. The SMILES string of the molecule is C.Cc1cc(C(C)C)ccn1.Cc1cc(C(C)C)ccn1.Cc1cccc(C(C)C)c1.Cc1cccc(C(C)C)c1.Cc1cnc(C(C)C)o1.Cc1cnc(C(C)C)o1. The zero-order valence-corrected chi connectivity index (χ0v) is 39.3. The Bertz CT molecular complexity index is 1740. The van der Waals surface area contributed by atoms with Crippen LogP contribution < -0.4 is 0 Å². The average molecular weight is 805 g/mol. The molecule has 0 fully saturated rings. The third-order valence-electron chi connectivity index (χ3n) is 8.86. The maximum atomic E-state index is 5.23. The molecule has 6 heteroatoms. The third kappa shape index (κ3) is 23.4. The molecule has 0 unspecified atom stereocenters. The van der Waals surface area contributed by atoms with Gasteiger partial charge in [-0.05, 0) is 112 Å². The van der Waals surface area contributed by atoms with Gasteiger partial charge in [-0.3, -0.25) is 9.97 Å². The number of nitrogens with zero attached hydrogens (tertiary/aromatic N) is 4. The number of benzene rings is 2. The number of rotatable bonds is 6. The van der Waals surface area contributed by atoms with E-state index in [1.54, 1.807) is 12.4 Å². The maximum absolute atomic E-state index is 5.23. The zero-order valence-electron chi connectivity index (χ0n) is 39.3. The molecule has 0 aliphatic rings. The van der Waals surface area contributed by atoms with Crippen LogP contribution in [0.15, 0.2) is 106 Å². The van der Waals surface area contributed by atoms with Gasteiger partial charge in [-0.25, -0.2) is 9.97 Å². The van der Waals surface area contributed by atoms with Gasteiger partial charge in [-0.15, -0.1) is 0 Å². The Morgan fingerprint density at radius 2 is 0.678 bits per heavy atom. The van der Waals surface area contributed by atoms with Crippen molar-refractivity contribution in [2.75, 3.05) is 0 Å². The monoisotopic (exact) mass is 805 g/mol. The molecule has 0 saturated heterocycles. The Hall–Kier alpha value is -4.84. The quantitative estimate of drug-likeness (QED) is 0.167. The zero-order chi connectivity index (χ0) is 43.9. The minimum Gasteiger partial charge on any atom is -0.446 e. The van der Waals surface area contributed by atoms with Crippen molar-refractivity contribution in [1.29, 1.82) is 0 Å². The van der Waals surface area contributed by atoms with Gasteiger partial charge in [0, 0.05) is 35.6 Å². The molecule has 6 rings (SSSR count). The van der Waals surface area contributed by atoms with Crippen LogP contribution in [0.5, 0.6) is 0 Å². The van der Waals surface area contributed by atoms with Crippen LogP contribution in [0.4, 0.5) is 0 Å². The van der Waals surface area contributed by atoms with E-state index in [4.69, 9.17) is 8.83 Å². The van der Waals surface area contributed by atoms with Crippen LogP contribution in [-0.4, -0.2) is 19.9 Å². The van der Waals surface area contributed by atoms with Crippen LogP contribution in [0.25, 0.3) is 0 Å². The predicted octanol–water partition coefficient (Wildman–Crippen LogP) is 16.1. The van der Waals surface area contributed by atoms with Gasteiger partial charge in [-0.1, -0.05) is 150 Å². The van der Waals surface area contributed by atoms with Crippen molar-refractivity contribution in [2.45, 2.75) is 168 Å². The highest BCUT2D eigenvalue weighted by molar-refractivity contribution is 5.25. The summed E-state index contributed by atoms with van der Waals surface area (Å²) in [5.74, 6) is 6.76. The summed E-state index contributed by atoms with van der Waals surface area (Å²) in [5, 5.41) is 0. The fraction of sp³-hybridized carbons (Fsp3) is 0.472. The van der Waals surface area contributed by atoms with Crippen LogP contribution in [0, 0.1) is 41.5 Å². The van der Waals surface area contributed by atoms with Gasteiger partial charge in [0.05, 0.1) is 12.4 Å². The molecule has 0 spiro atoms. The van der Waals surface area contributed by atoms with E-state index in [9.17, 15) is 0 Å². The highest BCUT2D eigenvalue weighted by atomic mass is 16.4. The molecule has 0 aliphatic carbocycles. The van der Waals surface area contributed by atoms with Gasteiger partial charge in [0.1, 0.15) is 11.5 Å². The Kier molecular flexibility index (Phi) is 26.2. The molecule has 4 heterocycles. The minimum atomic E-state index is 0. The smallest absolute Gasteiger partial charge is 0.196 e. The molecule has 0 aliphatic heterocycles. The Balaban J connectivity index is 0.000000682. The topological polar surface area (TPSA) is 77.8 Å². The lowest BCUT2D eigenvalue weighted by Crippen LogP contribution is -1.88. The summed E-state index contributed by atoms with van der Waals surface area (Å²) in [4.78, 5) is 16.3. The number of aromatic nitrogens is 4. The van der Waals surface area contributed by atoms with E-state index in [1.807, 2.05) is 40.1 Å². The fourth-order valence-corrected chi connectivity index (χ4v) is 5.19. The highest BCUT2D eigenvalue weighted by Crippen LogP contribution is 2.17. The standard InChI is InChI=1S/2C10H14.2C9H13N.2C7H11NO.CH4/c2*1-8(2)10-6-4-5-9(3)7-10;2*1-7(2)9-4-5-10-8(3)6-9;2*1-5(2)7-8-4-6(3)9-7;/h2*4-8H,1-3H3;2*4-7H,1-3H3;2*4-5H,1-3H3;1H4. The molecule has 0 saturated carbocycles. The lowest BCUT2D eigenvalue weighted by molar-refractivity contribution is 0.450. The number of pyridine rings is 2. The second-order valence-electron chi connectivity index (χ2n) is 16.8. The summed E-state index contributed by atoms with van der Waals surface area (Å²) in [7, 11) is 0. The number of hydrogen-bond acceptors (Lipinski definition) is 6. The molecule has 0 N–H and O–H groups in total. The van der Waals surface area contributed by atoms with Crippen LogP contribution >= 0.6 is 0 Å². The van der Waals surface area contributed by atoms with Gasteiger partial charge in [0.15, 0.2) is 11.8 Å². The van der Waals surface area contributed by atoms with E-state index in [0.717, 1.165) is 34.7 Å². The van der Waals surface area contributed by atoms with E-state index in [2.05, 4.69) is 190 Å². The molecular formula is C53H80N4O2. The highest BCUT2D eigenvalue weighted by Gasteiger charge is 2.04. The lowest BCUT2D eigenvalue weighted by atomic mass is 10.0. The summed E-state index contributed by atoms with van der Waals surface area (Å²) in [6.45, 7) is 38.0. The first-order chi connectivity index (χ1) is 27.2.